The van der Waals surface area contributed by atoms with Gasteiger partial charge in [0.1, 0.15) is 0 Å². The Labute approximate surface area is 121 Å². The highest BCUT2D eigenvalue weighted by Gasteiger charge is 2.33. The Balaban J connectivity index is 2.93. The van der Waals surface area contributed by atoms with Gasteiger partial charge in [0.2, 0.25) is 5.91 Å². The van der Waals surface area contributed by atoms with Crippen LogP contribution in [-0.2, 0) is 4.79 Å². The van der Waals surface area contributed by atoms with Crippen LogP contribution in [0.2, 0.25) is 5.02 Å². The van der Waals surface area contributed by atoms with E-state index < -0.39 is 5.41 Å². The SMILES string of the molecule is CCC(CC)(CN)C(=O)Nc1ccc(Br)cc1Cl. The second kappa shape index (κ2) is 6.55. The highest BCUT2D eigenvalue weighted by molar-refractivity contribution is 9.10. The minimum absolute atomic E-state index is 0.0702. The van der Waals surface area contributed by atoms with Gasteiger partial charge in [0.15, 0.2) is 0 Å². The second-order valence-electron chi connectivity index (χ2n) is 4.27. The molecule has 0 aromatic heterocycles. The summed E-state index contributed by atoms with van der Waals surface area (Å²) in [4.78, 5) is 12.3. The van der Waals surface area contributed by atoms with Gasteiger partial charge in [-0.2, -0.15) is 0 Å². The molecule has 0 aliphatic rings. The molecule has 1 amide bonds. The largest absolute Gasteiger partial charge is 0.329 e. The highest BCUT2D eigenvalue weighted by Crippen LogP contribution is 2.30. The van der Waals surface area contributed by atoms with E-state index in [2.05, 4.69) is 21.2 Å². The standard InChI is InChI=1S/C13H18BrClN2O/c1-3-13(4-2,8-16)12(18)17-11-6-5-9(14)7-10(11)15/h5-7H,3-4,8,16H2,1-2H3,(H,17,18). The monoisotopic (exact) mass is 332 g/mol. The molecule has 0 fully saturated rings. The van der Waals surface area contributed by atoms with Crippen LogP contribution in [0.1, 0.15) is 26.7 Å². The van der Waals surface area contributed by atoms with Gasteiger partial charge in [-0.3, -0.25) is 4.79 Å². The lowest BCUT2D eigenvalue weighted by molar-refractivity contribution is -0.125. The van der Waals surface area contributed by atoms with Gasteiger partial charge in [-0.25, -0.2) is 0 Å². The van der Waals surface area contributed by atoms with Crippen molar-refractivity contribution in [1.29, 1.82) is 0 Å². The van der Waals surface area contributed by atoms with Gasteiger partial charge in [-0.15, -0.1) is 0 Å². The molecule has 3 N–H and O–H groups in total. The third-order valence-corrected chi connectivity index (χ3v) is 4.21. The molecule has 0 bridgehead atoms. The zero-order valence-electron chi connectivity index (χ0n) is 10.6. The fourth-order valence-electron chi connectivity index (χ4n) is 1.80. The van der Waals surface area contributed by atoms with Crippen molar-refractivity contribution in [3.8, 4) is 0 Å². The summed E-state index contributed by atoms with van der Waals surface area (Å²) < 4.78 is 0.876. The maximum atomic E-state index is 12.3. The van der Waals surface area contributed by atoms with Crippen LogP contribution in [-0.4, -0.2) is 12.5 Å². The van der Waals surface area contributed by atoms with Gasteiger partial charge >= 0.3 is 0 Å². The van der Waals surface area contributed by atoms with Crippen LogP contribution in [0.5, 0.6) is 0 Å². The number of carbonyl (C=O) groups is 1. The maximum absolute atomic E-state index is 12.3. The van der Waals surface area contributed by atoms with Crippen molar-refractivity contribution in [3.63, 3.8) is 0 Å². The lowest BCUT2D eigenvalue weighted by Gasteiger charge is -2.28. The van der Waals surface area contributed by atoms with Crippen LogP contribution in [0.4, 0.5) is 5.69 Å². The van der Waals surface area contributed by atoms with Crippen molar-refractivity contribution in [1.82, 2.24) is 0 Å². The summed E-state index contributed by atoms with van der Waals surface area (Å²) in [6.07, 6.45) is 1.42. The molecule has 0 atom stereocenters. The summed E-state index contributed by atoms with van der Waals surface area (Å²) >= 11 is 9.40. The number of anilines is 1. The number of carbonyl (C=O) groups excluding carboxylic acids is 1. The second-order valence-corrected chi connectivity index (χ2v) is 5.59. The first-order valence-corrected chi connectivity index (χ1v) is 7.12. The van der Waals surface area contributed by atoms with Gasteiger partial charge in [-0.05, 0) is 31.0 Å². The number of hydrogen-bond donors (Lipinski definition) is 2. The molecule has 0 saturated carbocycles. The summed E-state index contributed by atoms with van der Waals surface area (Å²) in [6, 6.07) is 5.36. The van der Waals surface area contributed by atoms with E-state index in [0.29, 0.717) is 30.1 Å². The Morgan fingerprint density at radius 1 is 1.44 bits per heavy atom. The van der Waals surface area contributed by atoms with E-state index in [1.165, 1.54) is 0 Å². The molecule has 1 aromatic rings. The molecule has 18 heavy (non-hydrogen) atoms. The number of amides is 1. The molecule has 1 aromatic carbocycles. The van der Waals surface area contributed by atoms with Crippen molar-refractivity contribution >= 4 is 39.1 Å². The Kier molecular flexibility index (Phi) is 5.63. The van der Waals surface area contributed by atoms with Crippen LogP contribution in [0, 0.1) is 5.41 Å². The maximum Gasteiger partial charge on any atom is 0.231 e. The third-order valence-electron chi connectivity index (χ3n) is 3.41. The molecule has 0 aliphatic heterocycles. The summed E-state index contributed by atoms with van der Waals surface area (Å²) in [5, 5.41) is 3.37. The van der Waals surface area contributed by atoms with E-state index in [1.54, 1.807) is 12.1 Å². The zero-order chi connectivity index (χ0) is 13.8. The molecular formula is C13H18BrClN2O. The fourth-order valence-corrected chi connectivity index (χ4v) is 2.52. The van der Waals surface area contributed by atoms with E-state index in [1.807, 2.05) is 19.9 Å². The fraction of sp³-hybridized carbons (Fsp3) is 0.462. The normalized spacial score (nSPS) is 11.4. The number of hydrogen-bond acceptors (Lipinski definition) is 2. The summed E-state index contributed by atoms with van der Waals surface area (Å²) in [6.45, 7) is 4.28. The number of benzene rings is 1. The van der Waals surface area contributed by atoms with Gasteiger partial charge in [0, 0.05) is 11.0 Å². The van der Waals surface area contributed by atoms with E-state index in [9.17, 15) is 4.79 Å². The van der Waals surface area contributed by atoms with Gasteiger partial charge in [0.25, 0.3) is 0 Å². The van der Waals surface area contributed by atoms with Crippen molar-refractivity contribution in [2.45, 2.75) is 26.7 Å². The molecular weight excluding hydrogens is 316 g/mol. The van der Waals surface area contributed by atoms with E-state index in [-0.39, 0.29) is 5.91 Å². The van der Waals surface area contributed by atoms with E-state index in [0.717, 1.165) is 4.47 Å². The smallest absolute Gasteiger partial charge is 0.231 e. The lowest BCUT2D eigenvalue weighted by Crippen LogP contribution is -2.41. The van der Waals surface area contributed by atoms with Crippen LogP contribution in [0.3, 0.4) is 0 Å². The number of halogens is 2. The molecule has 0 aliphatic carbocycles. The van der Waals surface area contributed by atoms with Crippen molar-refractivity contribution < 1.29 is 4.79 Å². The van der Waals surface area contributed by atoms with Gasteiger partial charge in [0.05, 0.1) is 16.1 Å². The van der Waals surface area contributed by atoms with Crippen LogP contribution < -0.4 is 11.1 Å². The Bertz CT molecular complexity index is 425. The molecule has 0 unspecified atom stereocenters. The Morgan fingerprint density at radius 3 is 2.50 bits per heavy atom. The number of rotatable bonds is 5. The van der Waals surface area contributed by atoms with Crippen LogP contribution in [0.25, 0.3) is 0 Å². The Hall–Kier alpha value is -0.580. The molecule has 0 spiro atoms. The van der Waals surface area contributed by atoms with E-state index >= 15 is 0 Å². The highest BCUT2D eigenvalue weighted by atomic mass is 79.9. The predicted molar refractivity (Wildman–Crippen MR) is 79.9 cm³/mol. The van der Waals surface area contributed by atoms with E-state index in [4.69, 9.17) is 17.3 Å². The first-order valence-electron chi connectivity index (χ1n) is 5.95. The topological polar surface area (TPSA) is 55.1 Å². The number of nitrogens with two attached hydrogens (primary N) is 1. The van der Waals surface area contributed by atoms with Crippen LogP contribution >= 0.6 is 27.5 Å². The predicted octanol–water partition coefficient (Wildman–Crippen LogP) is 3.81. The summed E-state index contributed by atoms with van der Waals surface area (Å²) in [5.74, 6) is -0.0702. The molecule has 5 heteroatoms. The molecule has 3 nitrogen and oxygen atoms in total. The van der Waals surface area contributed by atoms with Crippen molar-refractivity contribution in [2.24, 2.45) is 11.1 Å². The first kappa shape index (κ1) is 15.5. The minimum Gasteiger partial charge on any atom is -0.329 e. The first-order chi connectivity index (χ1) is 8.49. The Morgan fingerprint density at radius 2 is 2.06 bits per heavy atom. The van der Waals surface area contributed by atoms with Crippen LogP contribution in [0.15, 0.2) is 22.7 Å². The molecule has 0 saturated heterocycles. The third kappa shape index (κ3) is 3.25. The summed E-state index contributed by atoms with van der Waals surface area (Å²) in [5.41, 5.74) is 5.84. The van der Waals surface area contributed by atoms with Gasteiger partial charge < -0.3 is 11.1 Å². The zero-order valence-corrected chi connectivity index (χ0v) is 12.9. The average Bonchev–Trinajstić information content (AvgIpc) is 2.36. The lowest BCUT2D eigenvalue weighted by atomic mass is 9.81. The molecule has 0 heterocycles. The average molecular weight is 334 g/mol. The minimum atomic E-state index is -0.517. The van der Waals surface area contributed by atoms with Crippen molar-refractivity contribution in [2.75, 3.05) is 11.9 Å². The number of nitrogens with one attached hydrogen (secondary N) is 1. The molecule has 0 radical (unpaired) electrons. The van der Waals surface area contributed by atoms with Crippen molar-refractivity contribution in [3.05, 3.63) is 27.7 Å². The molecule has 100 valence electrons. The summed E-state index contributed by atoms with van der Waals surface area (Å²) in [7, 11) is 0. The quantitative estimate of drug-likeness (QED) is 0.861. The van der Waals surface area contributed by atoms with Gasteiger partial charge in [-0.1, -0.05) is 41.4 Å². The molecule has 1 rings (SSSR count).